The molecule has 0 bridgehead atoms. The Morgan fingerprint density at radius 2 is 1.86 bits per heavy atom. The first-order valence-corrected chi connectivity index (χ1v) is 10.4. The van der Waals surface area contributed by atoms with Gasteiger partial charge in [0.2, 0.25) is 0 Å². The summed E-state index contributed by atoms with van der Waals surface area (Å²) in [6.07, 6.45) is 1.69. The molecule has 1 aromatic heterocycles. The lowest BCUT2D eigenvalue weighted by atomic mass is 10.1. The molecule has 0 aliphatic carbocycles. The van der Waals surface area contributed by atoms with E-state index in [2.05, 4.69) is 10.3 Å². The molecular weight excluding hydrogens is 427 g/mol. The summed E-state index contributed by atoms with van der Waals surface area (Å²) in [5.74, 6) is 0.946. The summed E-state index contributed by atoms with van der Waals surface area (Å²) >= 11 is 13.5. The highest BCUT2D eigenvalue weighted by Crippen LogP contribution is 2.33. The molecular formula is C22H16Cl2N2O2S. The molecule has 2 aromatic carbocycles. The molecule has 1 saturated heterocycles. The zero-order valence-electron chi connectivity index (χ0n) is 15.6. The number of carbonyl (C=O) groups is 1. The van der Waals surface area contributed by atoms with Crippen molar-refractivity contribution in [1.82, 2.24) is 5.32 Å². The van der Waals surface area contributed by atoms with Gasteiger partial charge in [0.1, 0.15) is 11.5 Å². The smallest absolute Gasteiger partial charge is 0.264 e. The lowest BCUT2D eigenvalue weighted by Gasteiger charge is -2.01. The molecule has 0 saturated carbocycles. The molecule has 4 nitrogen and oxygen atoms in total. The number of nitrogens with one attached hydrogen (secondary N) is 1. The molecule has 7 heteroatoms. The van der Waals surface area contributed by atoms with Crippen LogP contribution in [0.3, 0.4) is 0 Å². The number of amides is 1. The number of aryl methyl sites for hydroxylation is 2. The van der Waals surface area contributed by atoms with Gasteiger partial charge in [-0.1, -0.05) is 29.3 Å². The van der Waals surface area contributed by atoms with Gasteiger partial charge in [-0.3, -0.25) is 4.79 Å². The highest BCUT2D eigenvalue weighted by molar-refractivity contribution is 8.18. The lowest BCUT2D eigenvalue weighted by molar-refractivity contribution is -0.115. The van der Waals surface area contributed by atoms with Crippen molar-refractivity contribution in [1.29, 1.82) is 0 Å². The SMILES string of the molecule is Cc1ccc(N=C2NC(=O)/C(=C\c3ccc(-c4ccc(Cl)cc4Cl)o3)S2)cc1C. The normalized spacial score (nSPS) is 16.6. The van der Waals surface area contributed by atoms with Crippen molar-refractivity contribution in [3.63, 3.8) is 0 Å². The Kier molecular flexibility index (Phi) is 5.54. The van der Waals surface area contributed by atoms with E-state index in [1.165, 1.54) is 17.3 Å². The Morgan fingerprint density at radius 1 is 1.03 bits per heavy atom. The Labute approximate surface area is 182 Å². The quantitative estimate of drug-likeness (QED) is 0.455. The van der Waals surface area contributed by atoms with Crippen molar-refractivity contribution in [2.24, 2.45) is 4.99 Å². The topological polar surface area (TPSA) is 54.6 Å². The van der Waals surface area contributed by atoms with E-state index in [0.29, 0.717) is 31.6 Å². The maximum absolute atomic E-state index is 12.3. The summed E-state index contributed by atoms with van der Waals surface area (Å²) < 4.78 is 5.85. The molecule has 29 heavy (non-hydrogen) atoms. The van der Waals surface area contributed by atoms with E-state index in [0.717, 1.165) is 16.8 Å². The van der Waals surface area contributed by atoms with Gasteiger partial charge in [-0.25, -0.2) is 4.99 Å². The Hall–Kier alpha value is -2.47. The van der Waals surface area contributed by atoms with Crippen LogP contribution in [0.2, 0.25) is 10.0 Å². The van der Waals surface area contributed by atoms with Crippen molar-refractivity contribution >= 4 is 57.8 Å². The predicted molar refractivity (Wildman–Crippen MR) is 121 cm³/mol. The van der Waals surface area contributed by atoms with E-state index in [-0.39, 0.29) is 5.91 Å². The highest BCUT2D eigenvalue weighted by atomic mass is 35.5. The number of amidine groups is 1. The summed E-state index contributed by atoms with van der Waals surface area (Å²) in [6.45, 7) is 4.08. The fourth-order valence-electron chi connectivity index (χ4n) is 2.79. The number of aliphatic imine (C=N–C) groups is 1. The lowest BCUT2D eigenvalue weighted by Crippen LogP contribution is -2.19. The van der Waals surface area contributed by atoms with E-state index in [1.54, 1.807) is 30.3 Å². The summed E-state index contributed by atoms with van der Waals surface area (Å²) in [5.41, 5.74) is 3.89. The predicted octanol–water partition coefficient (Wildman–Crippen LogP) is 6.76. The molecule has 1 aliphatic heterocycles. The second kappa shape index (κ2) is 8.11. The second-order valence-corrected chi connectivity index (χ2v) is 8.45. The molecule has 3 aromatic rings. The summed E-state index contributed by atoms with van der Waals surface area (Å²) in [5, 5.41) is 4.39. The number of benzene rings is 2. The fourth-order valence-corrected chi connectivity index (χ4v) is 4.11. The van der Waals surface area contributed by atoms with Gasteiger partial charge in [0.05, 0.1) is 15.6 Å². The van der Waals surface area contributed by atoms with Crippen molar-refractivity contribution in [2.45, 2.75) is 13.8 Å². The molecule has 0 radical (unpaired) electrons. The average molecular weight is 443 g/mol. The number of thioether (sulfide) groups is 1. The maximum Gasteiger partial charge on any atom is 0.264 e. The van der Waals surface area contributed by atoms with Crippen molar-refractivity contribution in [3.8, 4) is 11.3 Å². The van der Waals surface area contributed by atoms with Crippen LogP contribution in [0.25, 0.3) is 17.4 Å². The van der Waals surface area contributed by atoms with Crippen LogP contribution in [0, 0.1) is 13.8 Å². The monoisotopic (exact) mass is 442 g/mol. The number of carbonyl (C=O) groups excluding carboxylic acids is 1. The first kappa shape index (κ1) is 19.8. The van der Waals surface area contributed by atoms with Crippen LogP contribution in [0.1, 0.15) is 16.9 Å². The first-order valence-electron chi connectivity index (χ1n) is 8.81. The minimum atomic E-state index is -0.208. The van der Waals surface area contributed by atoms with Crippen LogP contribution >= 0.6 is 35.0 Å². The minimum Gasteiger partial charge on any atom is -0.457 e. The van der Waals surface area contributed by atoms with Gasteiger partial charge in [0.15, 0.2) is 5.17 Å². The minimum absolute atomic E-state index is 0.208. The summed E-state index contributed by atoms with van der Waals surface area (Å²) in [7, 11) is 0. The molecule has 0 spiro atoms. The standard InChI is InChI=1S/C22H16Cl2N2O2S/c1-12-3-5-15(9-13(12)2)25-22-26-21(27)20(29-22)11-16-6-8-19(28-16)17-7-4-14(23)10-18(17)24/h3-11H,1-2H3,(H,25,26,27)/b20-11+. The summed E-state index contributed by atoms with van der Waals surface area (Å²) in [4.78, 5) is 17.3. The zero-order valence-corrected chi connectivity index (χ0v) is 18.0. The molecule has 0 unspecified atom stereocenters. The van der Waals surface area contributed by atoms with E-state index >= 15 is 0 Å². The van der Waals surface area contributed by atoms with Gasteiger partial charge in [-0.2, -0.15) is 0 Å². The third-order valence-electron chi connectivity index (χ3n) is 4.47. The molecule has 1 amide bonds. The van der Waals surface area contributed by atoms with Gasteiger partial charge in [0.25, 0.3) is 5.91 Å². The Bertz CT molecular complexity index is 1180. The molecule has 1 aliphatic rings. The van der Waals surface area contributed by atoms with Crippen molar-refractivity contribution in [3.05, 3.63) is 80.4 Å². The van der Waals surface area contributed by atoms with Crippen molar-refractivity contribution in [2.75, 3.05) is 0 Å². The Balaban J connectivity index is 1.56. The van der Waals surface area contributed by atoms with E-state index in [9.17, 15) is 4.79 Å². The molecule has 1 N–H and O–H groups in total. The largest absolute Gasteiger partial charge is 0.457 e. The van der Waals surface area contributed by atoms with E-state index in [1.807, 2.05) is 38.1 Å². The number of nitrogens with zero attached hydrogens (tertiary/aromatic N) is 1. The molecule has 1 fully saturated rings. The van der Waals surface area contributed by atoms with Crippen molar-refractivity contribution < 1.29 is 9.21 Å². The number of furan rings is 1. The number of hydrogen-bond donors (Lipinski definition) is 1. The molecule has 2 heterocycles. The first-order chi connectivity index (χ1) is 13.9. The fraction of sp³-hybridized carbons (Fsp3) is 0.0909. The van der Waals surface area contributed by atoms with Gasteiger partial charge in [0, 0.05) is 16.7 Å². The Morgan fingerprint density at radius 3 is 2.62 bits per heavy atom. The third-order valence-corrected chi connectivity index (χ3v) is 5.93. The second-order valence-electron chi connectivity index (χ2n) is 6.58. The molecule has 4 rings (SSSR count). The summed E-state index contributed by atoms with van der Waals surface area (Å²) in [6, 6.07) is 14.7. The van der Waals surface area contributed by atoms with E-state index in [4.69, 9.17) is 27.6 Å². The van der Waals surface area contributed by atoms with Crippen LogP contribution in [0.5, 0.6) is 0 Å². The van der Waals surface area contributed by atoms with Crippen LogP contribution in [-0.2, 0) is 4.79 Å². The highest BCUT2D eigenvalue weighted by Gasteiger charge is 2.24. The number of halogens is 2. The van der Waals surface area contributed by atoms with Crippen LogP contribution in [0.4, 0.5) is 5.69 Å². The third kappa shape index (κ3) is 4.42. The van der Waals surface area contributed by atoms with Gasteiger partial charge in [-0.15, -0.1) is 0 Å². The average Bonchev–Trinajstić information content (AvgIpc) is 3.25. The number of hydrogen-bond acceptors (Lipinski definition) is 4. The van der Waals surface area contributed by atoms with Crippen LogP contribution in [0.15, 0.2) is 62.8 Å². The maximum atomic E-state index is 12.3. The van der Waals surface area contributed by atoms with Gasteiger partial charge in [-0.05, 0) is 79.2 Å². The van der Waals surface area contributed by atoms with E-state index < -0.39 is 0 Å². The van der Waals surface area contributed by atoms with Gasteiger partial charge >= 0.3 is 0 Å². The van der Waals surface area contributed by atoms with Crippen LogP contribution in [-0.4, -0.2) is 11.1 Å². The molecule has 146 valence electrons. The van der Waals surface area contributed by atoms with Crippen LogP contribution < -0.4 is 5.32 Å². The van der Waals surface area contributed by atoms with Gasteiger partial charge < -0.3 is 9.73 Å². The zero-order chi connectivity index (χ0) is 20.5. The number of rotatable bonds is 3. The molecule has 0 atom stereocenters.